The topological polar surface area (TPSA) is 17.8 Å². The molecule has 0 spiro atoms. The lowest BCUT2D eigenvalue weighted by Crippen LogP contribution is -2.44. The van der Waals surface area contributed by atoms with Crippen LogP contribution in [0.5, 0.6) is 0 Å². The number of nitrogens with zero attached hydrogens (tertiary/aromatic N) is 2. The molecule has 2 heterocycles. The Bertz CT molecular complexity index is 1120. The Hall–Kier alpha value is -2.61. The smallest absolute Gasteiger partial charge is 0.145 e. The van der Waals surface area contributed by atoms with Gasteiger partial charge in [0.15, 0.2) is 0 Å². The Morgan fingerprint density at radius 1 is 1.07 bits per heavy atom. The van der Waals surface area contributed by atoms with Gasteiger partial charge in [0, 0.05) is 17.2 Å². The first-order chi connectivity index (χ1) is 14.3. The van der Waals surface area contributed by atoms with E-state index in [2.05, 4.69) is 94.4 Å². The van der Waals surface area contributed by atoms with Crippen LogP contribution < -0.4 is 0 Å². The van der Waals surface area contributed by atoms with Gasteiger partial charge in [-0.3, -0.25) is 4.57 Å². The maximum atomic E-state index is 5.19. The highest BCUT2D eigenvalue weighted by molar-refractivity contribution is 5.72. The van der Waals surface area contributed by atoms with E-state index in [1.807, 2.05) is 0 Å². The predicted octanol–water partition coefficient (Wildman–Crippen LogP) is 6.96. The van der Waals surface area contributed by atoms with Crippen LogP contribution in [0.1, 0.15) is 74.4 Å². The quantitative estimate of drug-likeness (QED) is 0.436. The fraction of sp³-hybridized carbons (Fsp3) is 0.393. The lowest BCUT2D eigenvalue weighted by Gasteiger charge is -2.47. The predicted molar refractivity (Wildman–Crippen MR) is 126 cm³/mol. The molecular weight excluding hydrogens is 364 g/mol. The van der Waals surface area contributed by atoms with Gasteiger partial charge in [-0.15, -0.1) is 6.58 Å². The molecule has 30 heavy (non-hydrogen) atoms. The van der Waals surface area contributed by atoms with Crippen LogP contribution in [-0.2, 0) is 18.3 Å². The van der Waals surface area contributed by atoms with Crippen molar-refractivity contribution in [3.05, 3.63) is 83.2 Å². The number of hydrogen-bond acceptors (Lipinski definition) is 1. The molecular formula is C28H32N2. The molecule has 2 aliphatic rings. The number of para-hydroxylation sites is 1. The number of allylic oxidation sites excluding steroid dienone is 1. The molecule has 2 heteroatoms. The highest BCUT2D eigenvalue weighted by atomic mass is 15.1. The van der Waals surface area contributed by atoms with Crippen LogP contribution in [0, 0.1) is 5.92 Å². The molecule has 2 atom stereocenters. The molecule has 0 radical (unpaired) electrons. The van der Waals surface area contributed by atoms with Crippen molar-refractivity contribution in [2.24, 2.45) is 5.92 Å². The van der Waals surface area contributed by atoms with Crippen LogP contribution in [0.4, 0.5) is 0 Å². The van der Waals surface area contributed by atoms with E-state index in [9.17, 15) is 0 Å². The van der Waals surface area contributed by atoms with Crippen molar-refractivity contribution in [1.82, 2.24) is 9.55 Å². The second-order valence-corrected chi connectivity index (χ2v) is 10.0. The number of imidazole rings is 1. The van der Waals surface area contributed by atoms with E-state index in [0.717, 1.165) is 18.7 Å². The number of rotatable bonds is 4. The number of hydrogen-bond donors (Lipinski definition) is 0. The molecule has 2 unspecified atom stereocenters. The minimum Gasteiger partial charge on any atom is -0.299 e. The summed E-state index contributed by atoms with van der Waals surface area (Å²) in [6, 6.07) is 13.6. The zero-order chi connectivity index (χ0) is 21.2. The number of fused-ring (bicyclic) bond motifs is 3. The van der Waals surface area contributed by atoms with E-state index in [0.29, 0.717) is 17.8 Å². The van der Waals surface area contributed by atoms with Gasteiger partial charge in [0.1, 0.15) is 5.82 Å². The average molecular weight is 397 g/mol. The fourth-order valence-electron chi connectivity index (χ4n) is 5.77. The second-order valence-electron chi connectivity index (χ2n) is 10.0. The summed E-state index contributed by atoms with van der Waals surface area (Å²) in [6.45, 7) is 15.8. The first kappa shape index (κ1) is 19.4. The molecule has 2 nitrogen and oxygen atoms in total. The normalized spacial score (nSPS) is 21.8. The fourth-order valence-corrected chi connectivity index (χ4v) is 5.77. The number of benzene rings is 2. The largest absolute Gasteiger partial charge is 0.299 e. The van der Waals surface area contributed by atoms with Gasteiger partial charge in [-0.1, -0.05) is 77.1 Å². The molecule has 0 saturated heterocycles. The average Bonchev–Trinajstić information content (AvgIpc) is 3.13. The SMILES string of the molecule is C=CC1Cc2cn(-c3c(C(C)C)cccc3C(C)C)c(n2)-c2cccc3c2C1(C)C3. The summed E-state index contributed by atoms with van der Waals surface area (Å²) in [5.41, 5.74) is 9.70. The van der Waals surface area contributed by atoms with Gasteiger partial charge < -0.3 is 0 Å². The van der Waals surface area contributed by atoms with E-state index in [1.165, 1.54) is 39.2 Å². The first-order valence-electron chi connectivity index (χ1n) is 11.3. The van der Waals surface area contributed by atoms with E-state index in [4.69, 9.17) is 4.98 Å². The molecule has 0 saturated carbocycles. The molecule has 0 N–H and O–H groups in total. The van der Waals surface area contributed by atoms with Crippen molar-refractivity contribution in [1.29, 1.82) is 0 Å². The highest BCUT2D eigenvalue weighted by Crippen LogP contribution is 2.53. The third kappa shape index (κ3) is 2.59. The van der Waals surface area contributed by atoms with E-state index >= 15 is 0 Å². The molecule has 1 aliphatic heterocycles. The van der Waals surface area contributed by atoms with E-state index < -0.39 is 0 Å². The molecule has 0 amide bonds. The van der Waals surface area contributed by atoms with Gasteiger partial charge in [-0.2, -0.15) is 0 Å². The van der Waals surface area contributed by atoms with Gasteiger partial charge in [0.05, 0.1) is 11.4 Å². The third-order valence-corrected chi connectivity index (χ3v) is 7.39. The zero-order valence-corrected chi connectivity index (χ0v) is 18.9. The summed E-state index contributed by atoms with van der Waals surface area (Å²) in [7, 11) is 0. The minimum atomic E-state index is 0.155. The zero-order valence-electron chi connectivity index (χ0n) is 18.9. The van der Waals surface area contributed by atoms with Crippen molar-refractivity contribution in [2.45, 2.75) is 64.7 Å². The van der Waals surface area contributed by atoms with Gasteiger partial charge >= 0.3 is 0 Å². The summed E-state index contributed by atoms with van der Waals surface area (Å²) >= 11 is 0. The van der Waals surface area contributed by atoms with Gasteiger partial charge in [-0.05, 0) is 52.8 Å². The molecule has 5 rings (SSSR count). The van der Waals surface area contributed by atoms with Crippen molar-refractivity contribution >= 4 is 0 Å². The van der Waals surface area contributed by atoms with Crippen LogP contribution in [0.25, 0.3) is 17.1 Å². The van der Waals surface area contributed by atoms with Crippen LogP contribution >= 0.6 is 0 Å². The molecule has 154 valence electrons. The molecule has 3 aromatic rings. The maximum absolute atomic E-state index is 5.19. The Labute approximate surface area is 180 Å². The van der Waals surface area contributed by atoms with Crippen molar-refractivity contribution in [3.63, 3.8) is 0 Å². The summed E-state index contributed by atoms with van der Waals surface area (Å²) in [5.74, 6) is 2.41. The van der Waals surface area contributed by atoms with Crippen LogP contribution in [0.2, 0.25) is 0 Å². The monoisotopic (exact) mass is 396 g/mol. The van der Waals surface area contributed by atoms with Crippen LogP contribution in [0.3, 0.4) is 0 Å². The van der Waals surface area contributed by atoms with Crippen molar-refractivity contribution in [2.75, 3.05) is 0 Å². The second kappa shape index (κ2) is 6.70. The Morgan fingerprint density at radius 2 is 1.73 bits per heavy atom. The Balaban J connectivity index is 1.84. The third-order valence-electron chi connectivity index (χ3n) is 7.39. The maximum Gasteiger partial charge on any atom is 0.145 e. The van der Waals surface area contributed by atoms with Crippen LogP contribution in [-0.4, -0.2) is 9.55 Å². The molecule has 0 fully saturated rings. The first-order valence-corrected chi connectivity index (χ1v) is 11.3. The van der Waals surface area contributed by atoms with Gasteiger partial charge in [-0.25, -0.2) is 4.98 Å². The van der Waals surface area contributed by atoms with E-state index in [1.54, 1.807) is 0 Å². The Morgan fingerprint density at radius 3 is 2.37 bits per heavy atom. The lowest BCUT2D eigenvalue weighted by molar-refractivity contribution is 0.299. The number of aromatic nitrogens is 2. The highest BCUT2D eigenvalue weighted by Gasteiger charge is 2.47. The van der Waals surface area contributed by atoms with Crippen molar-refractivity contribution < 1.29 is 0 Å². The van der Waals surface area contributed by atoms with Gasteiger partial charge in [0.2, 0.25) is 0 Å². The standard InChI is InChI=1S/C28H32N2/c1-7-20-14-21-16-30(26-22(17(2)3)11-9-12-23(26)18(4)5)27(29-21)24-13-8-10-19-15-28(20,6)25(19)24/h7-13,16-18,20H,1,14-15H2,2-6H3. The van der Waals surface area contributed by atoms with Gasteiger partial charge in [0.25, 0.3) is 0 Å². The summed E-state index contributed by atoms with van der Waals surface area (Å²) in [5, 5.41) is 0. The molecule has 1 aromatic heterocycles. The van der Waals surface area contributed by atoms with Crippen molar-refractivity contribution in [3.8, 4) is 17.1 Å². The minimum absolute atomic E-state index is 0.155. The summed E-state index contributed by atoms with van der Waals surface area (Å²) in [4.78, 5) is 5.19. The molecule has 1 aliphatic carbocycles. The van der Waals surface area contributed by atoms with E-state index in [-0.39, 0.29) is 5.41 Å². The molecule has 2 aromatic carbocycles. The summed E-state index contributed by atoms with van der Waals surface area (Å²) < 4.78 is 2.40. The lowest BCUT2D eigenvalue weighted by atomic mass is 9.56. The Kier molecular flexibility index (Phi) is 4.32. The summed E-state index contributed by atoms with van der Waals surface area (Å²) in [6.07, 6.45) is 6.54. The van der Waals surface area contributed by atoms with Crippen LogP contribution in [0.15, 0.2) is 55.3 Å². The molecule has 2 bridgehead atoms.